The van der Waals surface area contributed by atoms with Gasteiger partial charge >= 0.3 is 13.7 Å². The minimum absolute atomic E-state index is 0.0379. The lowest BCUT2D eigenvalue weighted by Crippen LogP contribution is -2.39. The molecule has 0 saturated heterocycles. The number of nitrogens with one attached hydrogen (secondary N) is 1. The molecule has 1 atom stereocenters. The van der Waals surface area contributed by atoms with E-state index in [0.717, 1.165) is 0 Å². The maximum atomic E-state index is 14.0. The molecule has 0 aromatic carbocycles. The number of carbonyl (C=O) groups is 2. The van der Waals surface area contributed by atoms with Crippen molar-refractivity contribution < 1.29 is 32.3 Å². The first-order chi connectivity index (χ1) is 10.1. The van der Waals surface area contributed by atoms with Crippen LogP contribution in [0.25, 0.3) is 0 Å². The van der Waals surface area contributed by atoms with E-state index in [0.29, 0.717) is 6.08 Å². The Balaban J connectivity index is 5.05. The molecule has 0 aliphatic heterocycles. The van der Waals surface area contributed by atoms with Crippen LogP contribution in [0.4, 0.5) is 9.18 Å². The van der Waals surface area contributed by atoms with Crippen LogP contribution in [-0.4, -0.2) is 37.2 Å². The summed E-state index contributed by atoms with van der Waals surface area (Å²) in [5.74, 6) is 0. The maximum Gasteiger partial charge on any atom is 0.408 e. The number of halogens is 1. The molecule has 7 nitrogen and oxygen atoms in total. The van der Waals surface area contributed by atoms with E-state index in [1.54, 1.807) is 20.8 Å². The van der Waals surface area contributed by atoms with E-state index in [1.165, 1.54) is 13.8 Å². The van der Waals surface area contributed by atoms with Gasteiger partial charge in [-0.1, -0.05) is 0 Å². The van der Waals surface area contributed by atoms with Crippen LogP contribution in [-0.2, 0) is 23.1 Å². The predicted molar refractivity (Wildman–Crippen MR) is 79.3 cm³/mol. The second-order valence-electron chi connectivity index (χ2n) is 5.13. The normalized spacial score (nSPS) is 14.4. The zero-order chi connectivity index (χ0) is 17.4. The van der Waals surface area contributed by atoms with Gasteiger partial charge in [-0.05, 0) is 40.7 Å². The fourth-order valence-electron chi connectivity index (χ4n) is 1.30. The van der Waals surface area contributed by atoms with Crippen molar-refractivity contribution in [2.45, 2.75) is 46.3 Å². The van der Waals surface area contributed by atoms with Crippen LogP contribution >= 0.6 is 7.60 Å². The van der Waals surface area contributed by atoms with E-state index in [1.807, 2.05) is 0 Å². The van der Waals surface area contributed by atoms with Gasteiger partial charge in [0.1, 0.15) is 17.9 Å². The zero-order valence-electron chi connectivity index (χ0n) is 13.4. The second kappa shape index (κ2) is 9.02. The van der Waals surface area contributed by atoms with E-state index in [2.05, 4.69) is 5.32 Å². The largest absolute Gasteiger partial charge is 0.444 e. The molecule has 22 heavy (non-hydrogen) atoms. The molecule has 0 aliphatic carbocycles. The Morgan fingerprint density at radius 2 is 1.77 bits per heavy atom. The SMILES string of the molecule is CCOP(=O)(OCC)/C(F)=C/[C@H](C=O)NC(=O)OC(C)(C)C. The van der Waals surface area contributed by atoms with E-state index in [4.69, 9.17) is 13.8 Å². The molecule has 1 amide bonds. The minimum atomic E-state index is -4.12. The lowest BCUT2D eigenvalue weighted by atomic mass is 10.2. The topological polar surface area (TPSA) is 90.9 Å². The van der Waals surface area contributed by atoms with Crippen LogP contribution < -0.4 is 5.32 Å². The van der Waals surface area contributed by atoms with Gasteiger partial charge in [-0.15, -0.1) is 0 Å². The molecule has 0 heterocycles. The smallest absolute Gasteiger partial charge is 0.408 e. The summed E-state index contributed by atoms with van der Waals surface area (Å²) in [6.07, 6.45) is 0.0330. The van der Waals surface area contributed by atoms with Gasteiger partial charge in [0.25, 0.3) is 0 Å². The molecular weight excluding hydrogens is 316 g/mol. The molecular formula is C13H23FNO6P. The summed E-state index contributed by atoms with van der Waals surface area (Å²) in [4.78, 5) is 22.5. The molecule has 0 saturated carbocycles. The number of aldehydes is 1. The van der Waals surface area contributed by atoms with Crippen LogP contribution in [0, 0.1) is 0 Å². The first-order valence-corrected chi connectivity index (χ1v) is 8.34. The third-order valence-corrected chi connectivity index (χ3v) is 3.88. The molecule has 0 bridgehead atoms. The monoisotopic (exact) mass is 339 g/mol. The second-order valence-corrected chi connectivity index (χ2v) is 7.07. The van der Waals surface area contributed by atoms with Crippen molar-refractivity contribution in [2.75, 3.05) is 13.2 Å². The van der Waals surface area contributed by atoms with Crippen molar-refractivity contribution >= 4 is 20.0 Å². The van der Waals surface area contributed by atoms with Gasteiger partial charge in [-0.25, -0.2) is 4.79 Å². The van der Waals surface area contributed by atoms with Gasteiger partial charge < -0.3 is 23.9 Å². The molecule has 128 valence electrons. The first kappa shape index (κ1) is 20.8. The number of ether oxygens (including phenoxy) is 1. The average Bonchev–Trinajstić information content (AvgIpc) is 2.36. The summed E-state index contributed by atoms with van der Waals surface area (Å²) in [6, 6.07) is -1.36. The van der Waals surface area contributed by atoms with Gasteiger partial charge in [-0.2, -0.15) is 4.39 Å². The Morgan fingerprint density at radius 1 is 1.27 bits per heavy atom. The van der Waals surface area contributed by atoms with Gasteiger partial charge in [0.2, 0.25) is 5.57 Å². The van der Waals surface area contributed by atoms with Crippen molar-refractivity contribution in [3.05, 3.63) is 11.6 Å². The summed E-state index contributed by atoms with van der Waals surface area (Å²) in [5, 5.41) is 2.13. The van der Waals surface area contributed by atoms with Crippen LogP contribution in [0.3, 0.4) is 0 Å². The quantitative estimate of drug-likeness (QED) is 0.539. The van der Waals surface area contributed by atoms with Crippen molar-refractivity contribution in [3.8, 4) is 0 Å². The highest BCUT2D eigenvalue weighted by Crippen LogP contribution is 2.56. The number of carbonyl (C=O) groups excluding carboxylic acids is 2. The molecule has 0 aromatic rings. The van der Waals surface area contributed by atoms with E-state index in [9.17, 15) is 18.5 Å². The number of amides is 1. The number of alkyl carbamates (subject to hydrolysis) is 1. The third-order valence-electron chi connectivity index (χ3n) is 2.01. The number of rotatable bonds is 8. The number of hydrogen-bond donors (Lipinski definition) is 1. The van der Waals surface area contributed by atoms with Gasteiger partial charge in [0, 0.05) is 0 Å². The predicted octanol–water partition coefficient (Wildman–Crippen LogP) is 3.16. The first-order valence-electron chi connectivity index (χ1n) is 6.79. The molecule has 0 aliphatic rings. The van der Waals surface area contributed by atoms with Crippen molar-refractivity contribution in [1.82, 2.24) is 5.32 Å². The summed E-state index contributed by atoms with van der Waals surface area (Å²) in [7, 11) is -4.12. The molecule has 0 rings (SSSR count). The van der Waals surface area contributed by atoms with Gasteiger partial charge in [0.05, 0.1) is 13.2 Å². The van der Waals surface area contributed by atoms with Crippen molar-refractivity contribution in [2.24, 2.45) is 0 Å². The summed E-state index contributed by atoms with van der Waals surface area (Å²) in [6.45, 7) is 7.88. The molecule has 1 N–H and O–H groups in total. The molecule has 0 unspecified atom stereocenters. The average molecular weight is 339 g/mol. The van der Waals surface area contributed by atoms with Crippen LogP contribution in [0.15, 0.2) is 11.6 Å². The zero-order valence-corrected chi connectivity index (χ0v) is 14.3. The minimum Gasteiger partial charge on any atom is -0.444 e. The molecule has 0 aromatic heterocycles. The Bertz CT molecular complexity index is 450. The van der Waals surface area contributed by atoms with Crippen LogP contribution in [0.1, 0.15) is 34.6 Å². The lowest BCUT2D eigenvalue weighted by Gasteiger charge is -2.21. The van der Waals surface area contributed by atoms with Gasteiger partial charge in [0.15, 0.2) is 0 Å². The molecule has 0 radical (unpaired) electrons. The van der Waals surface area contributed by atoms with Crippen LogP contribution in [0.5, 0.6) is 0 Å². The molecule has 0 spiro atoms. The van der Waals surface area contributed by atoms with E-state index < -0.39 is 30.9 Å². The highest BCUT2D eigenvalue weighted by atomic mass is 31.2. The highest BCUT2D eigenvalue weighted by Gasteiger charge is 2.31. The number of hydrogen-bond acceptors (Lipinski definition) is 6. The van der Waals surface area contributed by atoms with Crippen molar-refractivity contribution in [3.63, 3.8) is 0 Å². The van der Waals surface area contributed by atoms with Gasteiger partial charge in [-0.3, -0.25) is 4.57 Å². The maximum absolute atomic E-state index is 14.0. The third kappa shape index (κ3) is 7.68. The summed E-state index contributed by atoms with van der Waals surface area (Å²) in [5.41, 5.74) is -2.02. The standard InChI is InChI=1S/C13H23FNO6P/c1-6-19-22(18,20-7-2)11(14)8-10(9-16)15-12(17)21-13(3,4)5/h8-10H,6-7H2,1-5H3,(H,15,17)/b11-8+/t10-/m1/s1. The van der Waals surface area contributed by atoms with Crippen molar-refractivity contribution in [1.29, 1.82) is 0 Å². The Labute approximate surface area is 129 Å². The lowest BCUT2D eigenvalue weighted by molar-refractivity contribution is -0.108. The summed E-state index contributed by atoms with van der Waals surface area (Å²) < 4.78 is 40.7. The molecule has 9 heteroatoms. The Kier molecular flexibility index (Phi) is 8.52. The fraction of sp³-hybridized carbons (Fsp3) is 0.692. The Morgan fingerprint density at radius 3 is 2.14 bits per heavy atom. The Hall–Kier alpha value is -1.24. The summed E-state index contributed by atoms with van der Waals surface area (Å²) >= 11 is 0. The van der Waals surface area contributed by atoms with E-state index in [-0.39, 0.29) is 19.5 Å². The van der Waals surface area contributed by atoms with E-state index >= 15 is 0 Å². The highest BCUT2D eigenvalue weighted by molar-refractivity contribution is 7.58. The fourth-order valence-corrected chi connectivity index (χ4v) is 2.64. The van der Waals surface area contributed by atoms with Crippen LogP contribution in [0.2, 0.25) is 0 Å². The molecule has 0 fully saturated rings.